The SMILES string of the molecule is Nc1cccc(CC(=O)Nc2nc(Cl)c3[nH]cnc3n2)c1. The van der Waals surface area contributed by atoms with E-state index in [1.807, 2.05) is 6.07 Å². The molecular formula is C13H11ClN6O. The quantitative estimate of drug-likeness (QED) is 0.504. The van der Waals surface area contributed by atoms with Crippen LogP contribution in [0.4, 0.5) is 11.6 Å². The van der Waals surface area contributed by atoms with Gasteiger partial charge in [-0.05, 0) is 17.7 Å². The van der Waals surface area contributed by atoms with Crippen LogP contribution in [0.25, 0.3) is 11.2 Å². The molecule has 0 aliphatic carbocycles. The van der Waals surface area contributed by atoms with Gasteiger partial charge in [0.1, 0.15) is 5.52 Å². The predicted octanol–water partition coefficient (Wildman–Crippen LogP) is 1.77. The molecule has 0 unspecified atom stereocenters. The van der Waals surface area contributed by atoms with Gasteiger partial charge in [0.15, 0.2) is 10.8 Å². The van der Waals surface area contributed by atoms with E-state index in [2.05, 4.69) is 25.3 Å². The predicted molar refractivity (Wildman–Crippen MR) is 79.9 cm³/mol. The summed E-state index contributed by atoms with van der Waals surface area (Å²) in [6.45, 7) is 0. The number of fused-ring (bicyclic) bond motifs is 1. The third-order valence-corrected chi connectivity index (χ3v) is 3.08. The number of nitrogens with one attached hydrogen (secondary N) is 2. The number of anilines is 2. The van der Waals surface area contributed by atoms with Crippen LogP contribution in [0.1, 0.15) is 5.56 Å². The highest BCUT2D eigenvalue weighted by Gasteiger charge is 2.11. The van der Waals surface area contributed by atoms with Gasteiger partial charge in [-0.3, -0.25) is 10.1 Å². The number of aromatic amines is 1. The highest BCUT2D eigenvalue weighted by atomic mass is 35.5. The monoisotopic (exact) mass is 302 g/mol. The molecule has 8 heteroatoms. The zero-order valence-electron chi connectivity index (χ0n) is 10.8. The number of nitrogens with two attached hydrogens (primary N) is 1. The molecule has 7 nitrogen and oxygen atoms in total. The van der Waals surface area contributed by atoms with Crippen molar-refractivity contribution < 1.29 is 4.79 Å². The van der Waals surface area contributed by atoms with Crippen LogP contribution in [0.15, 0.2) is 30.6 Å². The lowest BCUT2D eigenvalue weighted by Gasteiger charge is -2.05. The molecule has 0 radical (unpaired) electrons. The first-order valence-electron chi connectivity index (χ1n) is 6.13. The molecule has 21 heavy (non-hydrogen) atoms. The van der Waals surface area contributed by atoms with Crippen molar-refractivity contribution in [2.45, 2.75) is 6.42 Å². The van der Waals surface area contributed by atoms with Gasteiger partial charge in [-0.15, -0.1) is 0 Å². The molecule has 106 valence electrons. The number of halogens is 1. The van der Waals surface area contributed by atoms with E-state index in [4.69, 9.17) is 17.3 Å². The minimum atomic E-state index is -0.258. The average Bonchev–Trinajstić information content (AvgIpc) is 2.87. The van der Waals surface area contributed by atoms with E-state index in [1.54, 1.807) is 18.2 Å². The maximum atomic E-state index is 12.0. The number of carbonyl (C=O) groups is 1. The Bertz CT molecular complexity index is 815. The topological polar surface area (TPSA) is 110 Å². The summed E-state index contributed by atoms with van der Waals surface area (Å²) in [6.07, 6.45) is 1.63. The van der Waals surface area contributed by atoms with Crippen LogP contribution in [-0.2, 0) is 11.2 Å². The van der Waals surface area contributed by atoms with E-state index >= 15 is 0 Å². The number of carbonyl (C=O) groups excluding carboxylic acids is 1. The van der Waals surface area contributed by atoms with E-state index < -0.39 is 0 Å². The summed E-state index contributed by atoms with van der Waals surface area (Å²) >= 11 is 5.98. The molecule has 0 saturated carbocycles. The van der Waals surface area contributed by atoms with Gasteiger partial charge in [0.2, 0.25) is 11.9 Å². The molecule has 0 bridgehead atoms. The average molecular weight is 303 g/mol. The van der Waals surface area contributed by atoms with E-state index in [0.717, 1.165) is 5.56 Å². The maximum absolute atomic E-state index is 12.0. The number of aromatic nitrogens is 4. The van der Waals surface area contributed by atoms with Crippen LogP contribution >= 0.6 is 11.6 Å². The first-order valence-corrected chi connectivity index (χ1v) is 6.50. The highest BCUT2D eigenvalue weighted by Crippen LogP contribution is 2.18. The molecule has 4 N–H and O–H groups in total. The Kier molecular flexibility index (Phi) is 3.41. The molecule has 0 saturated heterocycles. The number of hydrogen-bond acceptors (Lipinski definition) is 5. The van der Waals surface area contributed by atoms with E-state index in [-0.39, 0.29) is 23.4 Å². The van der Waals surface area contributed by atoms with Gasteiger partial charge in [0.25, 0.3) is 0 Å². The van der Waals surface area contributed by atoms with Crippen molar-refractivity contribution in [1.82, 2.24) is 19.9 Å². The van der Waals surface area contributed by atoms with Crippen LogP contribution in [0.5, 0.6) is 0 Å². The van der Waals surface area contributed by atoms with Gasteiger partial charge >= 0.3 is 0 Å². The Morgan fingerprint density at radius 3 is 3.05 bits per heavy atom. The molecule has 0 spiro atoms. The van der Waals surface area contributed by atoms with Gasteiger partial charge in [-0.25, -0.2) is 4.98 Å². The molecule has 2 heterocycles. The van der Waals surface area contributed by atoms with Gasteiger partial charge in [-0.1, -0.05) is 23.7 Å². The zero-order valence-corrected chi connectivity index (χ0v) is 11.6. The Morgan fingerprint density at radius 1 is 1.38 bits per heavy atom. The standard InChI is InChI=1S/C13H11ClN6O/c14-11-10-12(17-6-16-10)20-13(19-11)18-9(21)5-7-2-1-3-8(15)4-7/h1-4,6H,5,15H2,(H2,16,17,18,19,20,21). The number of benzene rings is 1. The van der Waals surface area contributed by atoms with Gasteiger partial charge in [0.05, 0.1) is 12.7 Å². The van der Waals surface area contributed by atoms with E-state index in [9.17, 15) is 4.79 Å². The number of nitrogens with zero attached hydrogens (tertiary/aromatic N) is 3. The first kappa shape index (κ1) is 13.3. The van der Waals surface area contributed by atoms with Crippen LogP contribution in [0.2, 0.25) is 5.15 Å². The molecule has 0 atom stereocenters. The number of nitrogen functional groups attached to an aromatic ring is 1. The highest BCUT2D eigenvalue weighted by molar-refractivity contribution is 6.33. The minimum absolute atomic E-state index is 0.119. The lowest BCUT2D eigenvalue weighted by atomic mass is 10.1. The smallest absolute Gasteiger partial charge is 0.233 e. The van der Waals surface area contributed by atoms with Crippen molar-refractivity contribution in [3.8, 4) is 0 Å². The molecule has 3 rings (SSSR count). The summed E-state index contributed by atoms with van der Waals surface area (Å²) in [5.41, 5.74) is 8.02. The Balaban J connectivity index is 1.77. The number of imidazole rings is 1. The van der Waals surface area contributed by atoms with Crippen LogP contribution in [-0.4, -0.2) is 25.8 Å². The summed E-state index contributed by atoms with van der Waals surface area (Å²) in [7, 11) is 0. The molecule has 0 aliphatic heterocycles. The number of rotatable bonds is 3. The summed E-state index contributed by atoms with van der Waals surface area (Å²) in [5.74, 6) is -0.139. The van der Waals surface area contributed by atoms with Gasteiger partial charge in [0, 0.05) is 5.69 Å². The molecule has 0 fully saturated rings. The Labute approximate surface area is 124 Å². The third kappa shape index (κ3) is 2.92. The fourth-order valence-electron chi connectivity index (χ4n) is 1.91. The number of amides is 1. The van der Waals surface area contributed by atoms with Crippen molar-refractivity contribution in [3.63, 3.8) is 0 Å². The van der Waals surface area contributed by atoms with Crippen LogP contribution in [0, 0.1) is 0 Å². The van der Waals surface area contributed by atoms with E-state index in [1.165, 1.54) is 6.33 Å². The zero-order chi connectivity index (χ0) is 14.8. The second kappa shape index (κ2) is 5.37. The van der Waals surface area contributed by atoms with Crippen molar-refractivity contribution in [2.24, 2.45) is 0 Å². The summed E-state index contributed by atoms with van der Waals surface area (Å²) in [4.78, 5) is 26.9. The van der Waals surface area contributed by atoms with Crippen molar-refractivity contribution in [2.75, 3.05) is 11.1 Å². The lowest BCUT2D eigenvalue weighted by Crippen LogP contribution is -2.16. The fraction of sp³-hybridized carbons (Fsp3) is 0.0769. The molecular weight excluding hydrogens is 292 g/mol. The van der Waals surface area contributed by atoms with Crippen molar-refractivity contribution in [3.05, 3.63) is 41.3 Å². The second-order valence-electron chi connectivity index (χ2n) is 4.41. The van der Waals surface area contributed by atoms with Gasteiger partial charge < -0.3 is 10.7 Å². The Hall–Kier alpha value is -2.67. The van der Waals surface area contributed by atoms with Crippen LogP contribution < -0.4 is 11.1 Å². The lowest BCUT2D eigenvalue weighted by molar-refractivity contribution is -0.115. The maximum Gasteiger partial charge on any atom is 0.233 e. The largest absolute Gasteiger partial charge is 0.399 e. The number of hydrogen-bond donors (Lipinski definition) is 3. The molecule has 2 aromatic heterocycles. The molecule has 0 aliphatic rings. The molecule has 1 amide bonds. The minimum Gasteiger partial charge on any atom is -0.399 e. The summed E-state index contributed by atoms with van der Waals surface area (Å²) < 4.78 is 0. The third-order valence-electron chi connectivity index (χ3n) is 2.81. The first-order chi connectivity index (χ1) is 10.1. The summed E-state index contributed by atoms with van der Waals surface area (Å²) in [6, 6.07) is 7.11. The molecule has 1 aromatic carbocycles. The normalized spacial score (nSPS) is 10.7. The van der Waals surface area contributed by atoms with Gasteiger partial charge in [-0.2, -0.15) is 9.97 Å². The van der Waals surface area contributed by atoms with Crippen LogP contribution in [0.3, 0.4) is 0 Å². The second-order valence-corrected chi connectivity index (χ2v) is 4.77. The van der Waals surface area contributed by atoms with Crippen molar-refractivity contribution >= 4 is 40.3 Å². The molecule has 3 aromatic rings. The number of H-pyrrole nitrogens is 1. The van der Waals surface area contributed by atoms with E-state index in [0.29, 0.717) is 16.9 Å². The Morgan fingerprint density at radius 2 is 2.24 bits per heavy atom. The van der Waals surface area contributed by atoms with Crippen molar-refractivity contribution in [1.29, 1.82) is 0 Å². The fourth-order valence-corrected chi connectivity index (χ4v) is 2.13. The summed E-state index contributed by atoms with van der Waals surface area (Å²) in [5, 5.41) is 2.80.